The van der Waals surface area contributed by atoms with Crippen LogP contribution < -0.4 is 20.7 Å². The summed E-state index contributed by atoms with van der Waals surface area (Å²) in [6, 6.07) is 13.7. The Hall–Kier alpha value is -2.98. The Morgan fingerprint density at radius 3 is 2.18 bits per heavy atom. The molecule has 204 valence electrons. The van der Waals surface area contributed by atoms with Crippen LogP contribution in [0.15, 0.2) is 47.4 Å². The molecule has 9 nitrogen and oxygen atoms in total. The highest BCUT2D eigenvalue weighted by atomic mass is 32.2. The van der Waals surface area contributed by atoms with Crippen LogP contribution in [0.2, 0.25) is 0 Å². The van der Waals surface area contributed by atoms with E-state index < -0.39 is 10.0 Å². The molecule has 0 saturated heterocycles. The number of nitrogens with one attached hydrogen (secondary N) is 4. The van der Waals surface area contributed by atoms with Gasteiger partial charge in [0.15, 0.2) is 0 Å². The van der Waals surface area contributed by atoms with E-state index in [4.69, 9.17) is 0 Å². The normalized spacial score (nSPS) is 20.3. The first-order valence-electron chi connectivity index (χ1n) is 13.9. The fourth-order valence-corrected chi connectivity index (χ4v) is 6.53. The van der Waals surface area contributed by atoms with Crippen molar-refractivity contribution in [3.63, 3.8) is 0 Å². The molecule has 10 heteroatoms. The van der Waals surface area contributed by atoms with Crippen molar-refractivity contribution < 1.29 is 8.42 Å². The molecule has 0 radical (unpaired) electrons. The highest BCUT2D eigenvalue weighted by Crippen LogP contribution is 2.30. The zero-order valence-electron chi connectivity index (χ0n) is 22.3. The second-order valence-electron chi connectivity index (χ2n) is 11.0. The van der Waals surface area contributed by atoms with Crippen LogP contribution in [0.1, 0.15) is 58.8 Å². The van der Waals surface area contributed by atoms with E-state index in [-0.39, 0.29) is 6.04 Å². The van der Waals surface area contributed by atoms with Gasteiger partial charge in [0, 0.05) is 30.6 Å². The van der Waals surface area contributed by atoms with E-state index in [1.165, 1.54) is 6.42 Å². The van der Waals surface area contributed by atoms with Crippen molar-refractivity contribution in [3.8, 4) is 0 Å². The molecule has 0 atom stereocenters. The lowest BCUT2D eigenvalue weighted by Gasteiger charge is -2.29. The second-order valence-corrected chi connectivity index (χ2v) is 12.7. The molecule has 2 aliphatic carbocycles. The predicted octanol–water partition coefficient (Wildman–Crippen LogP) is 5.01. The minimum Gasteiger partial charge on any atom is -0.354 e. The molecule has 38 heavy (non-hydrogen) atoms. The number of fused-ring (bicyclic) bond motifs is 1. The zero-order valence-corrected chi connectivity index (χ0v) is 23.1. The van der Waals surface area contributed by atoms with Gasteiger partial charge in [-0.2, -0.15) is 15.0 Å². The predicted molar refractivity (Wildman–Crippen MR) is 153 cm³/mol. The maximum absolute atomic E-state index is 13.1. The molecule has 0 amide bonds. The molecular formula is C28H39N7O2S. The lowest BCUT2D eigenvalue weighted by Crippen LogP contribution is -2.32. The van der Waals surface area contributed by atoms with Crippen molar-refractivity contribution in [2.24, 2.45) is 11.8 Å². The van der Waals surface area contributed by atoms with E-state index in [0.29, 0.717) is 47.2 Å². The summed E-state index contributed by atoms with van der Waals surface area (Å²) < 4.78 is 29.0. The number of rotatable bonds is 11. The Balaban J connectivity index is 1.12. The number of hydrogen-bond acceptors (Lipinski definition) is 8. The van der Waals surface area contributed by atoms with Gasteiger partial charge in [0.05, 0.1) is 4.90 Å². The third-order valence-corrected chi connectivity index (χ3v) is 9.09. The monoisotopic (exact) mass is 537 g/mol. The molecule has 1 aromatic heterocycles. The molecule has 4 N–H and O–H groups in total. The van der Waals surface area contributed by atoms with Crippen molar-refractivity contribution >= 4 is 38.6 Å². The summed E-state index contributed by atoms with van der Waals surface area (Å²) in [6.45, 7) is 5.40. The van der Waals surface area contributed by atoms with E-state index in [2.05, 4.69) is 49.5 Å². The van der Waals surface area contributed by atoms with Gasteiger partial charge in [0.25, 0.3) is 0 Å². The standard InChI is InChI=1S/C28H39N7O2S/c1-19(2)31-27-33-26(34-28(35-27)32-23-9-6-10-23)29-17-20-13-15-21(16-14-20)18-30-38(36,37)25-12-5-8-22-7-3-4-11-24(22)25/h3-5,7-8,11-12,19-21,23,30H,6,9-10,13-18H2,1-2H3,(H3,29,31,32,33,34,35). The molecule has 5 rings (SSSR count). The number of benzene rings is 2. The van der Waals surface area contributed by atoms with Gasteiger partial charge >= 0.3 is 0 Å². The van der Waals surface area contributed by atoms with Crippen LogP contribution in [0.3, 0.4) is 0 Å². The molecule has 0 aliphatic heterocycles. The van der Waals surface area contributed by atoms with Crippen LogP contribution in [0, 0.1) is 11.8 Å². The van der Waals surface area contributed by atoms with E-state index in [1.54, 1.807) is 12.1 Å². The molecule has 0 bridgehead atoms. The molecule has 2 aromatic carbocycles. The molecule has 2 aliphatic rings. The number of aromatic nitrogens is 3. The van der Waals surface area contributed by atoms with E-state index in [9.17, 15) is 8.42 Å². The van der Waals surface area contributed by atoms with Crippen molar-refractivity contribution in [1.29, 1.82) is 0 Å². The highest BCUT2D eigenvalue weighted by Gasteiger charge is 2.25. The summed E-state index contributed by atoms with van der Waals surface area (Å²) in [5.41, 5.74) is 0. The Kier molecular flexibility index (Phi) is 8.28. The summed E-state index contributed by atoms with van der Waals surface area (Å²) in [4.78, 5) is 14.1. The Labute approximate surface area is 225 Å². The van der Waals surface area contributed by atoms with E-state index in [0.717, 1.165) is 55.8 Å². The van der Waals surface area contributed by atoms with Gasteiger partial charge in [0.1, 0.15) is 0 Å². The van der Waals surface area contributed by atoms with E-state index >= 15 is 0 Å². The summed E-state index contributed by atoms with van der Waals surface area (Å²) in [7, 11) is -3.57. The fourth-order valence-electron chi connectivity index (χ4n) is 5.19. The minimum absolute atomic E-state index is 0.232. The lowest BCUT2D eigenvalue weighted by molar-refractivity contribution is 0.284. The Morgan fingerprint density at radius 1 is 0.816 bits per heavy atom. The number of sulfonamides is 1. The lowest BCUT2D eigenvalue weighted by atomic mass is 9.82. The molecule has 2 saturated carbocycles. The summed E-state index contributed by atoms with van der Waals surface area (Å²) in [5.74, 6) is 2.64. The molecule has 1 heterocycles. The molecular weight excluding hydrogens is 498 g/mol. The van der Waals surface area contributed by atoms with Gasteiger partial charge in [0.2, 0.25) is 27.9 Å². The van der Waals surface area contributed by atoms with Crippen molar-refractivity contribution in [3.05, 3.63) is 42.5 Å². The zero-order chi connectivity index (χ0) is 26.5. The maximum Gasteiger partial charge on any atom is 0.241 e. The van der Waals surface area contributed by atoms with Gasteiger partial charge in [-0.05, 0) is 82.1 Å². The van der Waals surface area contributed by atoms with Crippen LogP contribution in [0.4, 0.5) is 17.8 Å². The van der Waals surface area contributed by atoms with Gasteiger partial charge in [-0.1, -0.05) is 36.4 Å². The van der Waals surface area contributed by atoms with E-state index in [1.807, 2.05) is 30.3 Å². The third-order valence-electron chi connectivity index (χ3n) is 7.61. The van der Waals surface area contributed by atoms with Crippen molar-refractivity contribution in [1.82, 2.24) is 19.7 Å². The van der Waals surface area contributed by atoms with Crippen LogP contribution in [0.25, 0.3) is 10.8 Å². The van der Waals surface area contributed by atoms with Gasteiger partial charge in [-0.25, -0.2) is 13.1 Å². The van der Waals surface area contributed by atoms with Gasteiger partial charge < -0.3 is 16.0 Å². The highest BCUT2D eigenvalue weighted by molar-refractivity contribution is 7.89. The second kappa shape index (κ2) is 11.8. The summed E-state index contributed by atoms with van der Waals surface area (Å²) >= 11 is 0. The molecule has 0 spiro atoms. The summed E-state index contributed by atoms with van der Waals surface area (Å²) in [6.07, 6.45) is 7.64. The minimum atomic E-state index is -3.57. The fraction of sp³-hybridized carbons (Fsp3) is 0.536. The number of nitrogens with zero attached hydrogens (tertiary/aromatic N) is 3. The third kappa shape index (κ3) is 6.71. The van der Waals surface area contributed by atoms with Crippen molar-refractivity contribution in [2.45, 2.75) is 75.8 Å². The van der Waals surface area contributed by atoms with Crippen LogP contribution >= 0.6 is 0 Å². The van der Waals surface area contributed by atoms with Crippen LogP contribution in [-0.2, 0) is 10.0 Å². The van der Waals surface area contributed by atoms with Gasteiger partial charge in [-0.3, -0.25) is 0 Å². The SMILES string of the molecule is CC(C)Nc1nc(NCC2CCC(CNS(=O)(=O)c3cccc4ccccc34)CC2)nc(NC2CCC2)n1. The first kappa shape index (κ1) is 26.6. The van der Waals surface area contributed by atoms with Crippen molar-refractivity contribution in [2.75, 3.05) is 29.0 Å². The Morgan fingerprint density at radius 2 is 1.47 bits per heavy atom. The molecule has 2 fully saturated rings. The topological polar surface area (TPSA) is 121 Å². The largest absolute Gasteiger partial charge is 0.354 e. The smallest absolute Gasteiger partial charge is 0.241 e. The molecule has 0 unspecified atom stereocenters. The summed E-state index contributed by atoms with van der Waals surface area (Å²) in [5, 5.41) is 11.8. The Bertz CT molecular complexity index is 1330. The molecule has 3 aromatic rings. The number of hydrogen-bond donors (Lipinski definition) is 4. The van der Waals surface area contributed by atoms with Gasteiger partial charge in [-0.15, -0.1) is 0 Å². The first-order chi connectivity index (χ1) is 18.4. The average Bonchev–Trinajstić information content (AvgIpc) is 2.88. The van der Waals surface area contributed by atoms with Crippen LogP contribution in [-0.4, -0.2) is 48.5 Å². The van der Waals surface area contributed by atoms with Crippen LogP contribution in [0.5, 0.6) is 0 Å². The maximum atomic E-state index is 13.1. The first-order valence-corrected chi connectivity index (χ1v) is 15.3. The quantitative estimate of drug-likeness (QED) is 0.269. The average molecular weight is 538 g/mol. The number of anilines is 3.